The van der Waals surface area contributed by atoms with E-state index in [0.29, 0.717) is 25.3 Å². The molecule has 2 aromatic carbocycles. The van der Waals surface area contributed by atoms with Gasteiger partial charge in [-0.15, -0.1) is 0 Å². The molecule has 5 nitrogen and oxygen atoms in total. The molecule has 0 N–H and O–H groups in total. The van der Waals surface area contributed by atoms with Crippen molar-refractivity contribution in [2.45, 2.75) is 38.3 Å². The van der Waals surface area contributed by atoms with E-state index in [4.69, 9.17) is 9.57 Å². The van der Waals surface area contributed by atoms with E-state index < -0.39 is 6.10 Å². The summed E-state index contributed by atoms with van der Waals surface area (Å²) in [6, 6.07) is 18.1. The van der Waals surface area contributed by atoms with E-state index in [2.05, 4.69) is 17.3 Å². The van der Waals surface area contributed by atoms with Crippen molar-refractivity contribution in [3.63, 3.8) is 0 Å². The zero-order valence-electron chi connectivity index (χ0n) is 16.2. The van der Waals surface area contributed by atoms with Gasteiger partial charge in [-0.05, 0) is 42.0 Å². The Morgan fingerprint density at radius 3 is 2.68 bits per heavy atom. The number of hydrogen-bond acceptors (Lipinski definition) is 4. The maximum Gasteiger partial charge on any atom is 0.267 e. The minimum Gasteiger partial charge on any atom is -0.497 e. The molecule has 1 atom stereocenters. The molecule has 0 saturated heterocycles. The second kappa shape index (κ2) is 8.46. The predicted octanol–water partition coefficient (Wildman–Crippen LogP) is 3.82. The highest BCUT2D eigenvalue weighted by molar-refractivity contribution is 5.94. The van der Waals surface area contributed by atoms with E-state index in [1.165, 1.54) is 12.8 Å². The maximum absolute atomic E-state index is 13.1. The van der Waals surface area contributed by atoms with E-state index in [-0.39, 0.29) is 5.91 Å². The fraction of sp³-hybridized carbons (Fsp3) is 0.391. The zero-order valence-corrected chi connectivity index (χ0v) is 16.2. The zero-order chi connectivity index (χ0) is 19.3. The first-order valence-electron chi connectivity index (χ1n) is 9.88. The molecule has 0 radical (unpaired) electrons. The summed E-state index contributed by atoms with van der Waals surface area (Å²) in [5.41, 5.74) is 3.15. The number of methoxy groups -OCH3 is 1. The fourth-order valence-electron chi connectivity index (χ4n) is 3.53. The van der Waals surface area contributed by atoms with Gasteiger partial charge in [0.25, 0.3) is 5.91 Å². The molecule has 1 saturated carbocycles. The van der Waals surface area contributed by atoms with E-state index in [9.17, 15) is 4.79 Å². The first-order chi connectivity index (χ1) is 13.7. The summed E-state index contributed by atoms with van der Waals surface area (Å²) < 4.78 is 5.28. The second-order valence-electron chi connectivity index (χ2n) is 7.63. The van der Waals surface area contributed by atoms with Crippen molar-refractivity contribution >= 4 is 11.6 Å². The molecule has 1 aliphatic carbocycles. The van der Waals surface area contributed by atoms with Crippen LogP contribution in [0, 0.1) is 5.92 Å². The highest BCUT2D eigenvalue weighted by Crippen LogP contribution is 2.31. The Labute approximate surface area is 165 Å². The van der Waals surface area contributed by atoms with Crippen LogP contribution in [0.25, 0.3) is 0 Å². The summed E-state index contributed by atoms with van der Waals surface area (Å²) in [4.78, 5) is 20.6. The third-order valence-electron chi connectivity index (χ3n) is 5.25. The molecule has 2 aliphatic rings. The Kier molecular flexibility index (Phi) is 5.60. The summed E-state index contributed by atoms with van der Waals surface area (Å²) >= 11 is 0. The van der Waals surface area contributed by atoms with Gasteiger partial charge in [0.2, 0.25) is 6.10 Å². The van der Waals surface area contributed by atoms with E-state index in [1.54, 1.807) is 7.11 Å². The Morgan fingerprint density at radius 2 is 1.93 bits per heavy atom. The van der Waals surface area contributed by atoms with Crippen LogP contribution in [0.4, 0.5) is 0 Å². The van der Waals surface area contributed by atoms with Crippen molar-refractivity contribution in [3.05, 3.63) is 65.7 Å². The van der Waals surface area contributed by atoms with Gasteiger partial charge in [-0.25, -0.2) is 0 Å². The van der Waals surface area contributed by atoms with Crippen LogP contribution in [0.5, 0.6) is 5.75 Å². The normalized spacial score (nSPS) is 18.3. The lowest BCUT2D eigenvalue weighted by atomic mass is 10.0. The van der Waals surface area contributed by atoms with Crippen molar-refractivity contribution in [3.8, 4) is 5.75 Å². The lowest BCUT2D eigenvalue weighted by Crippen LogP contribution is -2.40. The van der Waals surface area contributed by atoms with Crippen LogP contribution in [0.2, 0.25) is 0 Å². The molecule has 1 amide bonds. The average molecular weight is 378 g/mol. The van der Waals surface area contributed by atoms with Crippen LogP contribution in [-0.2, 0) is 22.6 Å². The largest absolute Gasteiger partial charge is 0.497 e. The second-order valence-corrected chi connectivity index (χ2v) is 7.63. The average Bonchev–Trinajstić information content (AvgIpc) is 3.43. The van der Waals surface area contributed by atoms with E-state index in [1.807, 2.05) is 47.4 Å². The summed E-state index contributed by atoms with van der Waals surface area (Å²) in [5.74, 6) is 1.49. The molecule has 4 rings (SSSR count). The molecule has 2 aromatic rings. The van der Waals surface area contributed by atoms with Crippen LogP contribution < -0.4 is 4.74 Å². The molecule has 1 fully saturated rings. The highest BCUT2D eigenvalue weighted by atomic mass is 16.6. The number of benzene rings is 2. The van der Waals surface area contributed by atoms with Gasteiger partial charge in [0.15, 0.2) is 0 Å². The first kappa shape index (κ1) is 18.5. The minimum atomic E-state index is -0.511. The molecule has 0 bridgehead atoms. The molecule has 1 heterocycles. The number of ether oxygens (including phenoxy) is 1. The van der Waals surface area contributed by atoms with Crippen molar-refractivity contribution in [1.29, 1.82) is 0 Å². The summed E-state index contributed by atoms with van der Waals surface area (Å²) in [5, 5.41) is 4.20. The lowest BCUT2D eigenvalue weighted by Gasteiger charge is -2.25. The maximum atomic E-state index is 13.1. The van der Waals surface area contributed by atoms with Gasteiger partial charge in [0, 0.05) is 25.9 Å². The third kappa shape index (κ3) is 4.71. The van der Waals surface area contributed by atoms with E-state index in [0.717, 1.165) is 29.1 Å². The Bertz CT molecular complexity index is 846. The first-order valence-corrected chi connectivity index (χ1v) is 9.88. The third-order valence-corrected chi connectivity index (χ3v) is 5.25. The monoisotopic (exact) mass is 378 g/mol. The van der Waals surface area contributed by atoms with Gasteiger partial charge in [-0.1, -0.05) is 47.6 Å². The van der Waals surface area contributed by atoms with E-state index >= 15 is 0 Å². The van der Waals surface area contributed by atoms with Crippen LogP contribution >= 0.6 is 0 Å². The fourth-order valence-corrected chi connectivity index (χ4v) is 3.53. The van der Waals surface area contributed by atoms with Crippen LogP contribution in [0.15, 0.2) is 59.8 Å². The molecular formula is C23H26N2O3. The van der Waals surface area contributed by atoms with Crippen molar-refractivity contribution in [2.75, 3.05) is 13.7 Å². The topological polar surface area (TPSA) is 51.1 Å². The smallest absolute Gasteiger partial charge is 0.267 e. The Morgan fingerprint density at radius 1 is 1.14 bits per heavy atom. The number of hydrogen-bond donors (Lipinski definition) is 0. The molecule has 1 unspecified atom stereocenters. The van der Waals surface area contributed by atoms with Gasteiger partial charge in [-0.3, -0.25) is 4.79 Å². The number of rotatable bonds is 8. The summed E-state index contributed by atoms with van der Waals surface area (Å²) in [7, 11) is 1.66. The molecule has 0 aromatic heterocycles. The highest BCUT2D eigenvalue weighted by Gasteiger charge is 2.34. The number of oxime groups is 1. The number of nitrogens with zero attached hydrogens (tertiary/aromatic N) is 2. The van der Waals surface area contributed by atoms with Crippen LogP contribution in [0.1, 0.15) is 30.4 Å². The molecule has 5 heteroatoms. The molecule has 0 spiro atoms. The van der Waals surface area contributed by atoms with Gasteiger partial charge in [0.05, 0.1) is 12.8 Å². The van der Waals surface area contributed by atoms with Gasteiger partial charge >= 0.3 is 0 Å². The molecule has 1 aliphatic heterocycles. The number of amides is 1. The van der Waals surface area contributed by atoms with Crippen molar-refractivity contribution < 1.29 is 14.4 Å². The van der Waals surface area contributed by atoms with Crippen molar-refractivity contribution in [1.82, 2.24) is 4.90 Å². The minimum absolute atomic E-state index is 0.0418. The number of carbonyl (C=O) groups excluding carboxylic acids is 1. The SMILES string of the molecule is COc1cccc(CC2=NOC(C(=O)N(Cc3ccccc3)CC3CC3)C2)c1. The van der Waals surface area contributed by atoms with Crippen LogP contribution in [0.3, 0.4) is 0 Å². The summed E-state index contributed by atoms with van der Waals surface area (Å²) in [6.07, 6.45) is 3.13. The van der Waals surface area contributed by atoms with Gasteiger partial charge in [0.1, 0.15) is 5.75 Å². The number of carbonyl (C=O) groups is 1. The molecule has 146 valence electrons. The Hall–Kier alpha value is -2.82. The van der Waals surface area contributed by atoms with Crippen LogP contribution in [-0.4, -0.2) is 36.3 Å². The lowest BCUT2D eigenvalue weighted by molar-refractivity contribution is -0.143. The quantitative estimate of drug-likeness (QED) is 0.702. The van der Waals surface area contributed by atoms with Crippen molar-refractivity contribution in [2.24, 2.45) is 11.1 Å². The molecule has 28 heavy (non-hydrogen) atoms. The molecular weight excluding hydrogens is 352 g/mol. The standard InChI is InChI=1S/C23H26N2O3/c1-27-21-9-5-8-19(13-21)12-20-14-22(28-24-20)23(26)25(16-18-10-11-18)15-17-6-3-2-4-7-17/h2-9,13,18,22H,10-12,14-16H2,1H3. The predicted molar refractivity (Wildman–Crippen MR) is 108 cm³/mol. The summed E-state index contributed by atoms with van der Waals surface area (Å²) in [6.45, 7) is 1.43. The van der Waals surface area contributed by atoms with Gasteiger partial charge in [-0.2, -0.15) is 0 Å². The Balaban J connectivity index is 1.38. The van der Waals surface area contributed by atoms with Gasteiger partial charge < -0.3 is 14.5 Å².